The van der Waals surface area contributed by atoms with Crippen LogP contribution in [0, 0.1) is 18.6 Å². The van der Waals surface area contributed by atoms with E-state index in [9.17, 15) is 23.5 Å². The van der Waals surface area contributed by atoms with E-state index in [4.69, 9.17) is 5.11 Å². The Hall–Kier alpha value is -2.22. The van der Waals surface area contributed by atoms with Gasteiger partial charge >= 0.3 is 12.0 Å². The molecule has 0 radical (unpaired) electrons. The van der Waals surface area contributed by atoms with Gasteiger partial charge in [0.05, 0.1) is 11.8 Å². The molecule has 0 saturated heterocycles. The van der Waals surface area contributed by atoms with Crippen LogP contribution in [0.3, 0.4) is 0 Å². The van der Waals surface area contributed by atoms with Crippen molar-refractivity contribution in [2.24, 2.45) is 0 Å². The molecule has 20 heavy (non-hydrogen) atoms. The summed E-state index contributed by atoms with van der Waals surface area (Å²) in [6.07, 6.45) is -1.35. The van der Waals surface area contributed by atoms with Gasteiger partial charge in [0.15, 0.2) is 6.04 Å². The second-order valence-electron chi connectivity index (χ2n) is 4.24. The predicted octanol–water partition coefficient (Wildman–Crippen LogP) is 1.23. The van der Waals surface area contributed by atoms with Crippen molar-refractivity contribution in [1.29, 1.82) is 0 Å². The van der Waals surface area contributed by atoms with Crippen molar-refractivity contribution in [3.8, 4) is 0 Å². The second-order valence-corrected chi connectivity index (χ2v) is 4.24. The Morgan fingerprint density at radius 2 is 1.85 bits per heavy atom. The molecule has 0 fully saturated rings. The Morgan fingerprint density at radius 3 is 2.35 bits per heavy atom. The molecule has 0 aliphatic heterocycles. The number of amides is 2. The molecular formula is C12H14F2N2O4. The van der Waals surface area contributed by atoms with Crippen molar-refractivity contribution in [2.75, 3.05) is 5.32 Å². The Bertz CT molecular complexity index is 534. The van der Waals surface area contributed by atoms with Crippen LogP contribution in [0.5, 0.6) is 0 Å². The van der Waals surface area contributed by atoms with E-state index in [1.807, 2.05) is 10.6 Å². The minimum Gasteiger partial charge on any atom is -0.480 e. The number of aliphatic carboxylic acids is 1. The van der Waals surface area contributed by atoms with Crippen molar-refractivity contribution < 1.29 is 28.6 Å². The van der Waals surface area contributed by atoms with Crippen molar-refractivity contribution in [2.45, 2.75) is 26.0 Å². The lowest BCUT2D eigenvalue weighted by Gasteiger charge is -2.17. The van der Waals surface area contributed by atoms with Gasteiger partial charge in [0.1, 0.15) is 11.6 Å². The molecule has 0 bridgehead atoms. The van der Waals surface area contributed by atoms with Crippen LogP contribution >= 0.6 is 0 Å². The van der Waals surface area contributed by atoms with Gasteiger partial charge in [-0.05, 0) is 25.5 Å². The lowest BCUT2D eigenvalue weighted by Crippen LogP contribution is -2.49. The summed E-state index contributed by atoms with van der Waals surface area (Å²) in [6.45, 7) is 2.53. The number of hydrogen-bond donors (Lipinski definition) is 4. The third-order valence-electron chi connectivity index (χ3n) is 2.53. The van der Waals surface area contributed by atoms with Crippen molar-refractivity contribution in [3.63, 3.8) is 0 Å². The Labute approximate surface area is 113 Å². The predicted molar refractivity (Wildman–Crippen MR) is 66.4 cm³/mol. The van der Waals surface area contributed by atoms with Gasteiger partial charge in [0.25, 0.3) is 0 Å². The number of anilines is 1. The van der Waals surface area contributed by atoms with E-state index in [1.165, 1.54) is 13.8 Å². The van der Waals surface area contributed by atoms with Crippen LogP contribution in [0.2, 0.25) is 0 Å². The number of hydrogen-bond acceptors (Lipinski definition) is 3. The van der Waals surface area contributed by atoms with E-state index in [0.29, 0.717) is 0 Å². The number of carbonyl (C=O) groups is 2. The summed E-state index contributed by atoms with van der Waals surface area (Å²) >= 11 is 0. The maximum atomic E-state index is 13.5. The monoisotopic (exact) mass is 288 g/mol. The molecule has 4 N–H and O–H groups in total. The Kier molecular flexibility index (Phi) is 4.98. The zero-order valence-corrected chi connectivity index (χ0v) is 10.8. The van der Waals surface area contributed by atoms with Crippen LogP contribution < -0.4 is 10.6 Å². The number of aryl methyl sites for hydroxylation is 1. The largest absolute Gasteiger partial charge is 0.480 e. The first-order valence-corrected chi connectivity index (χ1v) is 5.66. The zero-order valence-electron chi connectivity index (χ0n) is 10.8. The lowest BCUT2D eigenvalue weighted by molar-refractivity contribution is -0.141. The van der Waals surface area contributed by atoms with Crippen LogP contribution in [0.25, 0.3) is 0 Å². The van der Waals surface area contributed by atoms with Gasteiger partial charge in [-0.2, -0.15) is 0 Å². The van der Waals surface area contributed by atoms with Crippen molar-refractivity contribution >= 4 is 17.7 Å². The first kappa shape index (κ1) is 15.8. The minimum absolute atomic E-state index is 0.0702. The third-order valence-corrected chi connectivity index (χ3v) is 2.53. The highest BCUT2D eigenvalue weighted by atomic mass is 19.1. The third kappa shape index (κ3) is 3.89. The molecule has 0 aromatic heterocycles. The number of carboxylic acid groups (broad SMARTS) is 1. The summed E-state index contributed by atoms with van der Waals surface area (Å²) in [5.74, 6) is -3.03. The number of rotatable bonds is 4. The number of carbonyl (C=O) groups excluding carboxylic acids is 1. The molecule has 6 nitrogen and oxygen atoms in total. The van der Waals surface area contributed by atoms with Gasteiger partial charge in [-0.1, -0.05) is 0 Å². The molecule has 0 aliphatic carbocycles. The maximum absolute atomic E-state index is 13.5. The maximum Gasteiger partial charge on any atom is 0.328 e. The smallest absolute Gasteiger partial charge is 0.328 e. The first-order chi connectivity index (χ1) is 9.22. The van der Waals surface area contributed by atoms with Crippen LogP contribution in [0.1, 0.15) is 12.5 Å². The van der Waals surface area contributed by atoms with E-state index in [2.05, 4.69) is 0 Å². The number of nitrogens with one attached hydrogen (secondary N) is 2. The van der Waals surface area contributed by atoms with Gasteiger partial charge in [0.2, 0.25) is 0 Å². The first-order valence-electron chi connectivity index (χ1n) is 5.66. The SMILES string of the molecule is Cc1cc(F)c(NC(=O)NC(C(=O)O)C(C)O)cc1F. The van der Waals surface area contributed by atoms with E-state index in [-0.39, 0.29) is 5.56 Å². The van der Waals surface area contributed by atoms with Gasteiger partial charge < -0.3 is 20.8 Å². The molecule has 110 valence electrons. The van der Waals surface area contributed by atoms with E-state index >= 15 is 0 Å². The molecule has 1 rings (SSSR count). The summed E-state index contributed by atoms with van der Waals surface area (Å²) in [4.78, 5) is 22.3. The molecule has 0 heterocycles. The van der Waals surface area contributed by atoms with Gasteiger partial charge in [0, 0.05) is 6.07 Å². The van der Waals surface area contributed by atoms with Crippen LogP contribution in [-0.2, 0) is 4.79 Å². The summed E-state index contributed by atoms with van der Waals surface area (Å²) < 4.78 is 26.7. The summed E-state index contributed by atoms with van der Waals surface area (Å²) in [7, 11) is 0. The number of halogens is 2. The average Bonchev–Trinajstić information content (AvgIpc) is 2.32. The summed E-state index contributed by atoms with van der Waals surface area (Å²) in [5, 5.41) is 21.8. The molecule has 8 heteroatoms. The zero-order chi connectivity index (χ0) is 15.4. The van der Waals surface area contributed by atoms with Gasteiger partial charge in [-0.3, -0.25) is 0 Å². The molecule has 1 aromatic rings. The molecule has 0 aliphatic rings. The number of aliphatic hydroxyl groups excluding tert-OH is 1. The topological polar surface area (TPSA) is 98.7 Å². The van der Waals surface area contributed by atoms with Crippen molar-refractivity contribution in [3.05, 3.63) is 29.3 Å². The fraction of sp³-hybridized carbons (Fsp3) is 0.333. The Balaban J connectivity index is 2.81. The van der Waals surface area contributed by atoms with E-state index in [1.54, 1.807) is 0 Å². The number of benzene rings is 1. The Morgan fingerprint density at radius 1 is 1.25 bits per heavy atom. The fourth-order valence-electron chi connectivity index (χ4n) is 1.43. The minimum atomic E-state index is -1.56. The van der Waals surface area contributed by atoms with Crippen LogP contribution in [0.4, 0.5) is 19.3 Å². The van der Waals surface area contributed by atoms with Crippen LogP contribution in [-0.4, -0.2) is 34.4 Å². The molecule has 1 aromatic carbocycles. The molecule has 2 amide bonds. The van der Waals surface area contributed by atoms with Crippen LogP contribution in [0.15, 0.2) is 12.1 Å². The molecule has 2 atom stereocenters. The summed E-state index contributed by atoms with van der Waals surface area (Å²) in [5.41, 5.74) is -0.360. The quantitative estimate of drug-likeness (QED) is 0.669. The average molecular weight is 288 g/mol. The second kappa shape index (κ2) is 6.29. The molecular weight excluding hydrogens is 274 g/mol. The molecule has 0 spiro atoms. The molecule has 2 unspecified atom stereocenters. The summed E-state index contributed by atoms with van der Waals surface area (Å²) in [6, 6.07) is -0.953. The number of aliphatic hydroxyl groups is 1. The van der Waals surface area contributed by atoms with E-state index in [0.717, 1.165) is 12.1 Å². The number of carboxylic acids is 1. The highest BCUT2D eigenvalue weighted by molar-refractivity contribution is 5.92. The number of urea groups is 1. The highest BCUT2D eigenvalue weighted by Gasteiger charge is 2.25. The molecule has 0 saturated carbocycles. The standard InChI is InChI=1S/C12H14F2N2O4/c1-5-3-8(14)9(4-7(5)13)15-12(20)16-10(6(2)17)11(18)19/h3-4,6,10,17H,1-2H3,(H,18,19)(H2,15,16,20). The highest BCUT2D eigenvalue weighted by Crippen LogP contribution is 2.18. The van der Waals surface area contributed by atoms with Gasteiger partial charge in [-0.25, -0.2) is 18.4 Å². The lowest BCUT2D eigenvalue weighted by atomic mass is 10.2. The van der Waals surface area contributed by atoms with Crippen molar-refractivity contribution in [1.82, 2.24) is 5.32 Å². The normalized spacial score (nSPS) is 13.4. The van der Waals surface area contributed by atoms with Gasteiger partial charge in [-0.15, -0.1) is 0 Å². The van der Waals surface area contributed by atoms with E-state index < -0.39 is 41.5 Å². The fourth-order valence-corrected chi connectivity index (χ4v) is 1.43.